The molecule has 248 valence electrons. The van der Waals surface area contributed by atoms with E-state index in [2.05, 4.69) is 29.3 Å². The van der Waals surface area contributed by atoms with Gasteiger partial charge in [0, 0.05) is 44.8 Å². The number of rotatable bonds is 9. The second-order valence-electron chi connectivity index (χ2n) is 12.5. The van der Waals surface area contributed by atoms with E-state index >= 15 is 0 Å². The van der Waals surface area contributed by atoms with Gasteiger partial charge in [0.1, 0.15) is 18.0 Å². The molecule has 2 N–H and O–H groups in total. The van der Waals surface area contributed by atoms with E-state index in [1.54, 1.807) is 39.1 Å². The summed E-state index contributed by atoms with van der Waals surface area (Å²) in [4.78, 5) is 48.0. The molecule has 2 atom stereocenters. The highest BCUT2D eigenvalue weighted by Crippen LogP contribution is 2.31. The SMILES string of the molecule is CCCN1CC(=O)N2C(CN(Cc3ccc(C)c(N4CCOCC4)c3)C(=O)[C@@H]2Cc2ccc(O)cc2)N1C(=O)NCc1ccccc1. The number of phenolic OH excluding ortho intramolecular Hbond substituents is 1. The number of carbonyl (C=O) groups is 3. The molecule has 1 unspecified atom stereocenters. The van der Waals surface area contributed by atoms with Crippen LogP contribution in [0.3, 0.4) is 0 Å². The zero-order valence-electron chi connectivity index (χ0n) is 27.2. The van der Waals surface area contributed by atoms with Gasteiger partial charge in [-0.05, 0) is 53.8 Å². The molecule has 3 aromatic carbocycles. The van der Waals surface area contributed by atoms with Crippen molar-refractivity contribution in [2.75, 3.05) is 50.8 Å². The average molecular weight is 641 g/mol. The molecule has 0 spiro atoms. The molecule has 11 nitrogen and oxygen atoms in total. The minimum absolute atomic E-state index is 0.00330. The fourth-order valence-corrected chi connectivity index (χ4v) is 6.82. The van der Waals surface area contributed by atoms with E-state index in [1.807, 2.05) is 48.3 Å². The predicted molar refractivity (Wildman–Crippen MR) is 178 cm³/mol. The molecule has 47 heavy (non-hydrogen) atoms. The molecule has 0 aromatic heterocycles. The average Bonchev–Trinajstić information content (AvgIpc) is 3.08. The number of carbonyl (C=O) groups excluding carboxylic acids is 3. The standard InChI is InChI=1S/C36H44N6O5/c1-3-15-40-25-34(44)41-32(20-27-11-13-30(43)14-12-27)35(45)39(23-29-10-9-26(2)31(21-29)38-16-18-47-19-17-38)24-33(41)42(40)36(46)37-22-28-7-5-4-6-8-28/h4-14,21,32-33,43H,3,15-20,22-25H2,1-2H3,(H,37,46)/t32-,33?/m0/s1. The second-order valence-corrected chi connectivity index (χ2v) is 12.5. The van der Waals surface area contributed by atoms with Crippen molar-refractivity contribution in [3.63, 3.8) is 0 Å². The lowest BCUT2D eigenvalue weighted by atomic mass is 9.98. The van der Waals surface area contributed by atoms with Crippen LogP contribution < -0.4 is 10.2 Å². The van der Waals surface area contributed by atoms with Crippen LogP contribution in [0.4, 0.5) is 10.5 Å². The molecule has 3 aliphatic rings. The third-order valence-electron chi connectivity index (χ3n) is 9.17. The lowest BCUT2D eigenvalue weighted by Gasteiger charge is -2.55. The number of morpholine rings is 1. The monoisotopic (exact) mass is 640 g/mol. The normalized spacial score (nSPS) is 20.4. The van der Waals surface area contributed by atoms with E-state index in [0.717, 1.165) is 47.5 Å². The third-order valence-corrected chi connectivity index (χ3v) is 9.17. The first-order valence-electron chi connectivity index (χ1n) is 16.5. The van der Waals surface area contributed by atoms with Gasteiger partial charge in [-0.25, -0.2) is 14.8 Å². The van der Waals surface area contributed by atoms with Gasteiger partial charge in [0.15, 0.2) is 0 Å². The molecule has 3 fully saturated rings. The molecule has 0 aliphatic carbocycles. The van der Waals surface area contributed by atoms with Gasteiger partial charge in [-0.2, -0.15) is 0 Å². The van der Waals surface area contributed by atoms with E-state index in [0.29, 0.717) is 32.8 Å². The number of hydrogen-bond acceptors (Lipinski definition) is 7. The summed E-state index contributed by atoms with van der Waals surface area (Å²) in [5.41, 5.74) is 5.05. The zero-order chi connectivity index (χ0) is 32.9. The number of urea groups is 1. The first-order chi connectivity index (χ1) is 22.8. The molecule has 0 radical (unpaired) electrons. The Morgan fingerprint density at radius 3 is 2.40 bits per heavy atom. The lowest BCUT2D eigenvalue weighted by molar-refractivity contribution is -0.190. The van der Waals surface area contributed by atoms with Crippen molar-refractivity contribution in [1.29, 1.82) is 0 Å². The van der Waals surface area contributed by atoms with E-state index in [4.69, 9.17) is 4.74 Å². The van der Waals surface area contributed by atoms with Crippen molar-refractivity contribution in [3.05, 3.63) is 95.1 Å². The topological polar surface area (TPSA) is 109 Å². The quantitative estimate of drug-likeness (QED) is 0.369. The van der Waals surface area contributed by atoms with E-state index in [9.17, 15) is 19.5 Å². The number of aromatic hydroxyl groups is 1. The van der Waals surface area contributed by atoms with Crippen LogP contribution in [0, 0.1) is 6.92 Å². The van der Waals surface area contributed by atoms with Crippen LogP contribution in [0.25, 0.3) is 0 Å². The molecule has 3 saturated heterocycles. The van der Waals surface area contributed by atoms with Gasteiger partial charge in [-0.3, -0.25) is 9.59 Å². The van der Waals surface area contributed by atoms with Gasteiger partial charge < -0.3 is 29.9 Å². The second kappa shape index (κ2) is 14.4. The van der Waals surface area contributed by atoms with Gasteiger partial charge in [0.25, 0.3) is 0 Å². The Hall–Kier alpha value is -4.61. The van der Waals surface area contributed by atoms with Crippen LogP contribution in [0.5, 0.6) is 5.75 Å². The van der Waals surface area contributed by atoms with Crippen LogP contribution in [0.1, 0.15) is 35.6 Å². The summed E-state index contributed by atoms with van der Waals surface area (Å²) in [6, 6.07) is 21.6. The number of nitrogens with one attached hydrogen (secondary N) is 1. The number of fused-ring (bicyclic) bond motifs is 1. The number of piperazine rings is 1. The Kier molecular flexibility index (Phi) is 9.93. The van der Waals surface area contributed by atoms with E-state index in [-0.39, 0.29) is 43.1 Å². The Bertz CT molecular complexity index is 1560. The molecular weight excluding hydrogens is 596 g/mol. The minimum Gasteiger partial charge on any atom is -0.508 e. The fourth-order valence-electron chi connectivity index (χ4n) is 6.82. The lowest BCUT2D eigenvalue weighted by Crippen LogP contribution is -2.76. The summed E-state index contributed by atoms with van der Waals surface area (Å²) in [6.45, 7) is 8.45. The highest BCUT2D eigenvalue weighted by atomic mass is 16.5. The Labute approximate surface area is 276 Å². The fraction of sp³-hybridized carbons (Fsp3) is 0.417. The predicted octanol–water partition coefficient (Wildman–Crippen LogP) is 3.50. The largest absolute Gasteiger partial charge is 0.508 e. The van der Waals surface area contributed by atoms with Crippen LogP contribution >= 0.6 is 0 Å². The Balaban J connectivity index is 1.33. The molecule has 0 saturated carbocycles. The smallest absolute Gasteiger partial charge is 0.334 e. The Morgan fingerprint density at radius 1 is 0.957 bits per heavy atom. The zero-order valence-corrected chi connectivity index (χ0v) is 27.2. The Morgan fingerprint density at radius 2 is 1.68 bits per heavy atom. The maximum Gasteiger partial charge on any atom is 0.334 e. The van der Waals surface area contributed by atoms with Crippen LogP contribution in [-0.4, -0.2) is 101 Å². The van der Waals surface area contributed by atoms with E-state index < -0.39 is 12.2 Å². The summed E-state index contributed by atoms with van der Waals surface area (Å²) in [5.74, 6) is -0.216. The number of nitrogens with zero attached hydrogens (tertiary/aromatic N) is 5. The van der Waals surface area contributed by atoms with Crippen molar-refractivity contribution in [2.45, 2.75) is 52.0 Å². The molecule has 4 amide bonds. The van der Waals surface area contributed by atoms with Gasteiger partial charge >= 0.3 is 6.03 Å². The van der Waals surface area contributed by atoms with E-state index in [1.165, 1.54) is 0 Å². The molecule has 3 aromatic rings. The van der Waals surface area contributed by atoms with Crippen molar-refractivity contribution in [2.24, 2.45) is 0 Å². The first kappa shape index (κ1) is 32.3. The number of phenols is 1. The number of benzene rings is 3. The molecule has 3 aliphatic heterocycles. The number of anilines is 1. The number of amides is 4. The number of hydrogen-bond donors (Lipinski definition) is 2. The summed E-state index contributed by atoms with van der Waals surface area (Å²) in [6.07, 6.45) is 0.316. The molecular formula is C36H44N6O5. The summed E-state index contributed by atoms with van der Waals surface area (Å²) in [7, 11) is 0. The first-order valence-corrected chi connectivity index (χ1v) is 16.5. The molecule has 0 bridgehead atoms. The van der Waals surface area contributed by atoms with Crippen LogP contribution in [0.15, 0.2) is 72.8 Å². The molecule has 11 heteroatoms. The van der Waals surface area contributed by atoms with Crippen molar-refractivity contribution in [3.8, 4) is 5.75 Å². The third kappa shape index (κ3) is 7.21. The number of ether oxygens (including phenoxy) is 1. The van der Waals surface area contributed by atoms with Gasteiger partial charge in [-0.15, -0.1) is 0 Å². The highest BCUT2D eigenvalue weighted by Gasteiger charge is 2.51. The van der Waals surface area contributed by atoms with Gasteiger partial charge in [-0.1, -0.05) is 61.5 Å². The number of hydrazine groups is 1. The summed E-state index contributed by atoms with van der Waals surface area (Å²) in [5, 5.41) is 16.4. The summed E-state index contributed by atoms with van der Waals surface area (Å²) < 4.78 is 5.57. The summed E-state index contributed by atoms with van der Waals surface area (Å²) >= 11 is 0. The molecule has 3 heterocycles. The van der Waals surface area contributed by atoms with Crippen LogP contribution in [-0.2, 0) is 33.8 Å². The van der Waals surface area contributed by atoms with Gasteiger partial charge in [0.05, 0.1) is 26.3 Å². The van der Waals surface area contributed by atoms with Crippen molar-refractivity contribution in [1.82, 2.24) is 25.1 Å². The molecule has 6 rings (SSSR count). The van der Waals surface area contributed by atoms with Crippen molar-refractivity contribution < 1.29 is 24.2 Å². The maximum absolute atomic E-state index is 14.4. The minimum atomic E-state index is -0.817. The van der Waals surface area contributed by atoms with Crippen LogP contribution in [0.2, 0.25) is 0 Å². The van der Waals surface area contributed by atoms with Crippen molar-refractivity contribution >= 4 is 23.5 Å². The number of aryl methyl sites for hydroxylation is 1. The highest BCUT2D eigenvalue weighted by molar-refractivity contribution is 5.91. The van der Waals surface area contributed by atoms with Gasteiger partial charge in [0.2, 0.25) is 11.8 Å². The maximum atomic E-state index is 14.4.